The normalized spacial score (nSPS) is 12.1. The molecule has 0 aromatic carbocycles. The zero-order chi connectivity index (χ0) is 12.9. The monoisotopic (exact) mass is 242 g/mol. The molecule has 0 radical (unpaired) electrons. The maximum atomic E-state index is 11.3. The fourth-order valence-corrected chi connectivity index (χ4v) is 1.59. The molecule has 0 spiro atoms. The van der Waals surface area contributed by atoms with E-state index < -0.39 is 6.04 Å². The Kier molecular flexibility index (Phi) is 11.0. The quantitative estimate of drug-likeness (QED) is 0.428. The first kappa shape index (κ1) is 16.1. The fourth-order valence-electron chi connectivity index (χ4n) is 1.59. The zero-order valence-electron chi connectivity index (χ0n) is 10.9. The van der Waals surface area contributed by atoms with E-state index in [4.69, 9.17) is 5.73 Å². The minimum atomic E-state index is -0.505. The van der Waals surface area contributed by atoms with E-state index in [1.165, 1.54) is 32.1 Å². The van der Waals surface area contributed by atoms with Crippen molar-refractivity contribution >= 4 is 12.2 Å². The first-order valence-electron chi connectivity index (χ1n) is 6.68. The second-order valence-corrected chi connectivity index (χ2v) is 4.46. The van der Waals surface area contributed by atoms with Gasteiger partial charge in [0.15, 0.2) is 0 Å². The number of amides is 1. The Balaban J connectivity index is 3.24. The van der Waals surface area contributed by atoms with E-state index in [2.05, 4.69) is 12.2 Å². The number of hydrogen-bond acceptors (Lipinski definition) is 3. The van der Waals surface area contributed by atoms with Crippen molar-refractivity contribution in [2.45, 2.75) is 64.3 Å². The molecule has 0 rings (SSSR count). The topological polar surface area (TPSA) is 72.2 Å². The Morgan fingerprint density at radius 3 is 2.53 bits per heavy atom. The molecular formula is C13H26N2O2. The lowest BCUT2D eigenvalue weighted by Gasteiger charge is -2.06. The Morgan fingerprint density at radius 2 is 1.88 bits per heavy atom. The summed E-state index contributed by atoms with van der Waals surface area (Å²) in [5.74, 6) is -0.00384. The summed E-state index contributed by atoms with van der Waals surface area (Å²) in [7, 11) is 0. The minimum Gasteiger partial charge on any atom is -0.356 e. The highest BCUT2D eigenvalue weighted by molar-refractivity contribution is 5.76. The van der Waals surface area contributed by atoms with Crippen molar-refractivity contribution in [3.05, 3.63) is 0 Å². The molecule has 0 fully saturated rings. The molecule has 1 amide bonds. The Morgan fingerprint density at radius 1 is 1.24 bits per heavy atom. The van der Waals surface area contributed by atoms with Gasteiger partial charge in [0.2, 0.25) is 5.91 Å². The van der Waals surface area contributed by atoms with Crippen LogP contribution in [0.4, 0.5) is 0 Å². The SMILES string of the molecule is CCCCCCCCNC(=O)CCC(N)C=O. The molecule has 0 aromatic rings. The highest BCUT2D eigenvalue weighted by atomic mass is 16.1. The predicted molar refractivity (Wildman–Crippen MR) is 69.7 cm³/mol. The summed E-state index contributed by atoms with van der Waals surface area (Å²) in [6.45, 7) is 2.94. The van der Waals surface area contributed by atoms with E-state index in [1.54, 1.807) is 0 Å². The smallest absolute Gasteiger partial charge is 0.220 e. The van der Waals surface area contributed by atoms with Crippen LogP contribution in [0.25, 0.3) is 0 Å². The standard InChI is InChI=1S/C13H26N2O2/c1-2-3-4-5-6-7-10-15-13(17)9-8-12(14)11-16/h11-12H,2-10,14H2,1H3,(H,15,17). The van der Waals surface area contributed by atoms with Gasteiger partial charge in [0.25, 0.3) is 0 Å². The summed E-state index contributed by atoms with van der Waals surface area (Å²) in [5.41, 5.74) is 5.40. The average molecular weight is 242 g/mol. The molecule has 0 aliphatic carbocycles. The molecule has 1 unspecified atom stereocenters. The second kappa shape index (κ2) is 11.6. The van der Waals surface area contributed by atoms with Gasteiger partial charge in [0.05, 0.1) is 6.04 Å². The lowest BCUT2D eigenvalue weighted by molar-refractivity contribution is -0.121. The third-order valence-electron chi connectivity index (χ3n) is 2.73. The lowest BCUT2D eigenvalue weighted by Crippen LogP contribution is -2.28. The molecule has 0 bridgehead atoms. The molecule has 4 heteroatoms. The molecule has 3 N–H and O–H groups in total. The van der Waals surface area contributed by atoms with Gasteiger partial charge >= 0.3 is 0 Å². The lowest BCUT2D eigenvalue weighted by atomic mass is 10.1. The number of nitrogens with one attached hydrogen (secondary N) is 1. The van der Waals surface area contributed by atoms with Crippen LogP contribution in [-0.2, 0) is 9.59 Å². The van der Waals surface area contributed by atoms with E-state index in [0.29, 0.717) is 19.1 Å². The van der Waals surface area contributed by atoms with Crippen LogP contribution in [0.5, 0.6) is 0 Å². The first-order chi connectivity index (χ1) is 8.20. The van der Waals surface area contributed by atoms with Crippen molar-refractivity contribution in [1.29, 1.82) is 0 Å². The fraction of sp³-hybridized carbons (Fsp3) is 0.846. The molecule has 0 aromatic heterocycles. The van der Waals surface area contributed by atoms with Gasteiger partial charge in [-0.25, -0.2) is 0 Å². The van der Waals surface area contributed by atoms with Gasteiger partial charge in [-0.1, -0.05) is 39.0 Å². The molecule has 0 saturated carbocycles. The maximum Gasteiger partial charge on any atom is 0.220 e. The number of hydrogen-bond donors (Lipinski definition) is 2. The number of unbranched alkanes of at least 4 members (excludes halogenated alkanes) is 5. The van der Waals surface area contributed by atoms with Crippen molar-refractivity contribution in [2.24, 2.45) is 5.73 Å². The van der Waals surface area contributed by atoms with Crippen LogP contribution in [0.1, 0.15) is 58.3 Å². The van der Waals surface area contributed by atoms with Crippen LogP contribution in [0, 0.1) is 0 Å². The van der Waals surface area contributed by atoms with Crippen LogP contribution < -0.4 is 11.1 Å². The number of carbonyl (C=O) groups excluding carboxylic acids is 2. The van der Waals surface area contributed by atoms with Gasteiger partial charge < -0.3 is 15.8 Å². The number of nitrogens with two attached hydrogens (primary N) is 1. The molecule has 100 valence electrons. The summed E-state index contributed by atoms with van der Waals surface area (Å²) in [6.07, 6.45) is 8.77. The number of carbonyl (C=O) groups is 2. The van der Waals surface area contributed by atoms with E-state index in [0.717, 1.165) is 13.0 Å². The number of aldehydes is 1. The molecule has 0 aliphatic rings. The van der Waals surface area contributed by atoms with Crippen LogP contribution in [-0.4, -0.2) is 24.8 Å². The van der Waals surface area contributed by atoms with Gasteiger partial charge in [-0.2, -0.15) is 0 Å². The van der Waals surface area contributed by atoms with Crippen LogP contribution in [0.15, 0.2) is 0 Å². The summed E-state index contributed by atoms with van der Waals surface area (Å²) in [5, 5.41) is 2.84. The van der Waals surface area contributed by atoms with Gasteiger partial charge in [-0.3, -0.25) is 4.79 Å². The van der Waals surface area contributed by atoms with Crippen molar-refractivity contribution < 1.29 is 9.59 Å². The Hall–Kier alpha value is -0.900. The maximum absolute atomic E-state index is 11.3. The van der Waals surface area contributed by atoms with E-state index in [9.17, 15) is 9.59 Å². The van der Waals surface area contributed by atoms with Crippen molar-refractivity contribution in [3.63, 3.8) is 0 Å². The molecule has 1 atom stereocenters. The Labute approximate surface area is 104 Å². The minimum absolute atomic E-state index is 0.00384. The van der Waals surface area contributed by atoms with Gasteiger partial charge in [-0.05, 0) is 12.8 Å². The van der Waals surface area contributed by atoms with Crippen LogP contribution in [0.3, 0.4) is 0 Å². The predicted octanol–water partition coefficient (Wildman–Crippen LogP) is 1.77. The highest BCUT2D eigenvalue weighted by Crippen LogP contribution is 2.04. The molecular weight excluding hydrogens is 216 g/mol. The van der Waals surface area contributed by atoms with Crippen molar-refractivity contribution in [3.8, 4) is 0 Å². The van der Waals surface area contributed by atoms with E-state index in [-0.39, 0.29) is 5.91 Å². The third-order valence-corrected chi connectivity index (χ3v) is 2.73. The van der Waals surface area contributed by atoms with Gasteiger partial charge in [0, 0.05) is 13.0 Å². The molecule has 0 saturated heterocycles. The largest absolute Gasteiger partial charge is 0.356 e. The molecule has 0 aliphatic heterocycles. The van der Waals surface area contributed by atoms with Crippen molar-refractivity contribution in [1.82, 2.24) is 5.32 Å². The third kappa shape index (κ3) is 11.4. The van der Waals surface area contributed by atoms with Crippen LogP contribution in [0.2, 0.25) is 0 Å². The van der Waals surface area contributed by atoms with Gasteiger partial charge in [0.1, 0.15) is 6.29 Å². The van der Waals surface area contributed by atoms with Gasteiger partial charge in [-0.15, -0.1) is 0 Å². The summed E-state index contributed by atoms with van der Waals surface area (Å²) >= 11 is 0. The number of rotatable bonds is 11. The molecule has 17 heavy (non-hydrogen) atoms. The molecule has 0 heterocycles. The first-order valence-corrected chi connectivity index (χ1v) is 6.68. The zero-order valence-corrected chi connectivity index (χ0v) is 10.9. The Bertz CT molecular complexity index is 208. The van der Waals surface area contributed by atoms with E-state index in [1.807, 2.05) is 0 Å². The average Bonchev–Trinajstić information content (AvgIpc) is 2.34. The highest BCUT2D eigenvalue weighted by Gasteiger charge is 2.04. The van der Waals surface area contributed by atoms with Crippen molar-refractivity contribution in [2.75, 3.05) is 6.54 Å². The second-order valence-electron chi connectivity index (χ2n) is 4.46. The molecule has 4 nitrogen and oxygen atoms in total. The van der Waals surface area contributed by atoms with E-state index >= 15 is 0 Å². The van der Waals surface area contributed by atoms with Crippen LogP contribution >= 0.6 is 0 Å². The summed E-state index contributed by atoms with van der Waals surface area (Å²) in [6, 6.07) is -0.505. The summed E-state index contributed by atoms with van der Waals surface area (Å²) in [4.78, 5) is 21.6. The summed E-state index contributed by atoms with van der Waals surface area (Å²) < 4.78 is 0.